The molecule has 0 nitrogen and oxygen atoms in total. The molecule has 0 aromatic heterocycles. The monoisotopic (exact) mass is 230 g/mol. The highest BCUT2D eigenvalue weighted by atomic mass is 14.3. The summed E-state index contributed by atoms with van der Waals surface area (Å²) >= 11 is 0. The predicted molar refractivity (Wildman–Crippen MR) is 75.9 cm³/mol. The quantitative estimate of drug-likeness (QED) is 0.602. The van der Waals surface area contributed by atoms with E-state index in [0.29, 0.717) is 0 Å². The third-order valence-corrected chi connectivity index (χ3v) is 3.89. The number of aryl methyl sites for hydroxylation is 1. The Morgan fingerprint density at radius 2 is 1.47 bits per heavy atom. The van der Waals surface area contributed by atoms with E-state index >= 15 is 0 Å². The van der Waals surface area contributed by atoms with Crippen molar-refractivity contribution < 1.29 is 0 Å². The second-order valence-electron chi connectivity index (χ2n) is 7.52. The Morgan fingerprint density at radius 1 is 0.824 bits per heavy atom. The minimum absolute atomic E-state index is 0.262. The van der Waals surface area contributed by atoms with E-state index in [1.165, 1.54) is 24.8 Å². The van der Waals surface area contributed by atoms with Crippen LogP contribution in [0.25, 0.3) is 0 Å². The van der Waals surface area contributed by atoms with Crippen LogP contribution in [0.15, 0.2) is 12.1 Å². The largest absolute Gasteiger partial charge is 0.0561 e. The minimum atomic E-state index is 0.262. The Bertz CT molecular complexity index is 425. The maximum Gasteiger partial charge on any atom is -0.0129 e. The van der Waals surface area contributed by atoms with Crippen LogP contribution in [0.5, 0.6) is 0 Å². The van der Waals surface area contributed by atoms with E-state index in [9.17, 15) is 0 Å². The molecule has 0 bridgehead atoms. The molecule has 1 aliphatic rings. The highest BCUT2D eigenvalue weighted by Gasteiger charge is 2.26. The normalized spacial score (nSPS) is 16.1. The first-order valence-corrected chi connectivity index (χ1v) is 6.86. The van der Waals surface area contributed by atoms with Crippen molar-refractivity contribution in [3.63, 3.8) is 0 Å². The standard InChI is InChI=1S/C17H26/c1-16(2,3)13-10-12-8-7-9-14(12)15(11-13)17(4,5)6/h10-11H,7-9H2,1-6H3. The van der Waals surface area contributed by atoms with E-state index in [2.05, 4.69) is 53.7 Å². The maximum atomic E-state index is 2.46. The molecule has 0 atom stereocenters. The van der Waals surface area contributed by atoms with Crippen molar-refractivity contribution in [3.05, 3.63) is 34.4 Å². The number of hydrogen-bond donors (Lipinski definition) is 0. The van der Waals surface area contributed by atoms with Gasteiger partial charge in [-0.2, -0.15) is 0 Å². The Morgan fingerprint density at radius 3 is 2.00 bits per heavy atom. The van der Waals surface area contributed by atoms with E-state index in [4.69, 9.17) is 0 Å². The Kier molecular flexibility index (Phi) is 2.88. The summed E-state index contributed by atoms with van der Waals surface area (Å²) in [6.07, 6.45) is 3.90. The van der Waals surface area contributed by atoms with Gasteiger partial charge in [-0.25, -0.2) is 0 Å². The SMILES string of the molecule is CC(C)(C)c1cc2c(c(C(C)(C)C)c1)CCC2. The first-order chi connectivity index (χ1) is 7.69. The summed E-state index contributed by atoms with van der Waals surface area (Å²) in [5, 5.41) is 0. The molecule has 1 aliphatic carbocycles. The molecule has 0 unspecified atom stereocenters. The van der Waals surface area contributed by atoms with Crippen LogP contribution in [0.2, 0.25) is 0 Å². The first kappa shape index (κ1) is 12.7. The van der Waals surface area contributed by atoms with Crippen molar-refractivity contribution >= 4 is 0 Å². The van der Waals surface area contributed by atoms with Crippen LogP contribution in [0.4, 0.5) is 0 Å². The van der Waals surface area contributed by atoms with Crippen LogP contribution >= 0.6 is 0 Å². The molecule has 0 spiro atoms. The molecule has 2 rings (SSSR count). The van der Waals surface area contributed by atoms with Gasteiger partial charge in [-0.3, -0.25) is 0 Å². The summed E-state index contributed by atoms with van der Waals surface area (Å²) in [7, 11) is 0. The molecule has 0 saturated carbocycles. The average Bonchev–Trinajstić information content (AvgIpc) is 2.59. The van der Waals surface area contributed by atoms with Gasteiger partial charge < -0.3 is 0 Å². The molecule has 0 N–H and O–H groups in total. The van der Waals surface area contributed by atoms with Gasteiger partial charge in [0.15, 0.2) is 0 Å². The molecular weight excluding hydrogens is 204 g/mol. The van der Waals surface area contributed by atoms with Gasteiger partial charge in [0.25, 0.3) is 0 Å². The van der Waals surface area contributed by atoms with Gasteiger partial charge in [-0.1, -0.05) is 53.7 Å². The second-order valence-corrected chi connectivity index (χ2v) is 7.52. The van der Waals surface area contributed by atoms with E-state index in [1.54, 1.807) is 16.7 Å². The number of fused-ring (bicyclic) bond motifs is 1. The van der Waals surface area contributed by atoms with Gasteiger partial charge in [-0.15, -0.1) is 0 Å². The van der Waals surface area contributed by atoms with Crippen molar-refractivity contribution in [3.8, 4) is 0 Å². The number of benzene rings is 1. The fourth-order valence-corrected chi connectivity index (χ4v) is 2.81. The van der Waals surface area contributed by atoms with Crippen molar-refractivity contribution in [2.75, 3.05) is 0 Å². The molecule has 94 valence electrons. The zero-order valence-electron chi connectivity index (χ0n) is 12.3. The lowest BCUT2D eigenvalue weighted by molar-refractivity contribution is 0.564. The minimum Gasteiger partial charge on any atom is -0.0561 e. The van der Waals surface area contributed by atoms with Crippen molar-refractivity contribution in [1.82, 2.24) is 0 Å². The lowest BCUT2D eigenvalue weighted by atomic mass is 9.77. The van der Waals surface area contributed by atoms with E-state index < -0.39 is 0 Å². The van der Waals surface area contributed by atoms with Gasteiger partial charge in [0.2, 0.25) is 0 Å². The van der Waals surface area contributed by atoms with Crippen LogP contribution in [0.3, 0.4) is 0 Å². The van der Waals surface area contributed by atoms with Crippen LogP contribution < -0.4 is 0 Å². The smallest absolute Gasteiger partial charge is 0.0129 e. The fraction of sp³-hybridized carbons (Fsp3) is 0.647. The molecule has 17 heavy (non-hydrogen) atoms. The third-order valence-electron chi connectivity index (χ3n) is 3.89. The topological polar surface area (TPSA) is 0 Å². The van der Waals surface area contributed by atoms with Gasteiger partial charge in [0, 0.05) is 0 Å². The Labute approximate surface area is 106 Å². The molecule has 0 saturated heterocycles. The fourth-order valence-electron chi connectivity index (χ4n) is 2.81. The van der Waals surface area contributed by atoms with Crippen LogP contribution in [-0.4, -0.2) is 0 Å². The zero-order chi connectivity index (χ0) is 12.8. The molecule has 1 aromatic rings. The molecule has 0 aliphatic heterocycles. The van der Waals surface area contributed by atoms with Crippen LogP contribution in [0, 0.1) is 0 Å². The highest BCUT2D eigenvalue weighted by molar-refractivity contribution is 5.46. The predicted octanol–water partition coefficient (Wildman–Crippen LogP) is 4.77. The molecule has 0 radical (unpaired) electrons. The third kappa shape index (κ3) is 2.41. The molecule has 0 amide bonds. The Hall–Kier alpha value is -0.780. The Balaban J connectivity index is 2.62. The lowest BCUT2D eigenvalue weighted by Gasteiger charge is -2.28. The van der Waals surface area contributed by atoms with Gasteiger partial charge in [0.1, 0.15) is 0 Å². The second kappa shape index (κ2) is 3.86. The molecule has 0 heteroatoms. The maximum absolute atomic E-state index is 2.46. The van der Waals surface area contributed by atoms with E-state index in [0.717, 1.165) is 0 Å². The van der Waals surface area contributed by atoms with Gasteiger partial charge in [0.05, 0.1) is 0 Å². The zero-order valence-corrected chi connectivity index (χ0v) is 12.3. The summed E-state index contributed by atoms with van der Waals surface area (Å²) in [6.45, 7) is 14.0. The summed E-state index contributed by atoms with van der Waals surface area (Å²) in [4.78, 5) is 0. The van der Waals surface area contributed by atoms with Crippen LogP contribution in [0.1, 0.15) is 70.2 Å². The summed E-state index contributed by atoms with van der Waals surface area (Å²) < 4.78 is 0. The lowest BCUT2D eigenvalue weighted by Crippen LogP contribution is -2.18. The van der Waals surface area contributed by atoms with Gasteiger partial charge >= 0.3 is 0 Å². The van der Waals surface area contributed by atoms with Crippen molar-refractivity contribution in [1.29, 1.82) is 0 Å². The van der Waals surface area contributed by atoms with Crippen molar-refractivity contribution in [2.24, 2.45) is 0 Å². The van der Waals surface area contributed by atoms with Gasteiger partial charge in [-0.05, 0) is 52.3 Å². The molecule has 0 fully saturated rings. The molecule has 1 aromatic carbocycles. The summed E-state index contributed by atoms with van der Waals surface area (Å²) in [5.41, 5.74) is 6.88. The summed E-state index contributed by atoms with van der Waals surface area (Å²) in [6, 6.07) is 4.92. The van der Waals surface area contributed by atoms with Crippen LogP contribution in [-0.2, 0) is 23.7 Å². The van der Waals surface area contributed by atoms with E-state index in [-0.39, 0.29) is 10.8 Å². The molecule has 0 heterocycles. The summed E-state index contributed by atoms with van der Waals surface area (Å²) in [5.74, 6) is 0. The molecular formula is C17H26. The van der Waals surface area contributed by atoms with Crippen molar-refractivity contribution in [2.45, 2.75) is 71.6 Å². The number of hydrogen-bond acceptors (Lipinski definition) is 0. The average molecular weight is 230 g/mol. The first-order valence-electron chi connectivity index (χ1n) is 6.86. The van der Waals surface area contributed by atoms with E-state index in [1.807, 2.05) is 0 Å². The highest BCUT2D eigenvalue weighted by Crippen LogP contribution is 2.37. The number of rotatable bonds is 0.